The van der Waals surface area contributed by atoms with Gasteiger partial charge in [-0.05, 0) is 24.1 Å². The number of aliphatic hydroxyl groups excluding tert-OH is 2. The highest BCUT2D eigenvalue weighted by Gasteiger charge is 2.58. The van der Waals surface area contributed by atoms with Crippen molar-refractivity contribution in [3.63, 3.8) is 0 Å². The molecule has 3 aliphatic rings. The quantitative estimate of drug-likeness (QED) is 0.521. The van der Waals surface area contributed by atoms with Gasteiger partial charge in [0, 0.05) is 6.07 Å². The van der Waals surface area contributed by atoms with E-state index < -0.39 is 49.1 Å². The molecular formula is C28H33NO8. The second-order valence-electron chi connectivity index (χ2n) is 9.42. The van der Waals surface area contributed by atoms with Gasteiger partial charge in [-0.1, -0.05) is 61.9 Å². The van der Waals surface area contributed by atoms with Crippen LogP contribution < -0.4 is 9.47 Å². The largest absolute Gasteiger partial charge is 0.497 e. The average Bonchev–Trinajstić information content (AvgIpc) is 2.93. The standard InChI is InChI=1S/C28H33NO8/c1-3-8-22-34-16-21-26(37-22)23(30)24(31)28(36-21)29-20(14-13-17-9-5-4-6-10-17)25(27(29)32)35-19-12-7-11-18(15-19)33-2/h4-7,9-15,20-26,28,30-31H,3,8,16H2,1-2H3/b14-13+/t20-,21+,22?,23+,24+,25-,26+,28+/m0/s1. The number of methoxy groups -OCH3 is 1. The topological polar surface area (TPSA) is 107 Å². The first-order valence-electron chi connectivity index (χ1n) is 12.6. The van der Waals surface area contributed by atoms with Crippen LogP contribution in [0.5, 0.6) is 11.5 Å². The number of amides is 1. The van der Waals surface area contributed by atoms with Gasteiger partial charge in [-0.25, -0.2) is 0 Å². The van der Waals surface area contributed by atoms with E-state index in [4.69, 9.17) is 23.7 Å². The smallest absolute Gasteiger partial charge is 0.268 e. The molecule has 3 fully saturated rings. The second-order valence-corrected chi connectivity index (χ2v) is 9.42. The number of ether oxygens (including phenoxy) is 5. The van der Waals surface area contributed by atoms with E-state index >= 15 is 0 Å². The lowest BCUT2D eigenvalue weighted by Gasteiger charge is -2.54. The molecule has 3 saturated heterocycles. The van der Waals surface area contributed by atoms with Gasteiger partial charge >= 0.3 is 0 Å². The summed E-state index contributed by atoms with van der Waals surface area (Å²) in [6, 6.07) is 16.1. The second kappa shape index (κ2) is 11.2. The van der Waals surface area contributed by atoms with Gasteiger partial charge < -0.3 is 38.8 Å². The Morgan fingerprint density at radius 3 is 2.59 bits per heavy atom. The first kappa shape index (κ1) is 25.7. The SMILES string of the molecule is CCCC1OC[C@H]2O[C@@H](N3C(=O)[C@@H](Oc4cccc(OC)c4)[C@@H]3/C=C/c3ccccc3)[C@H](O)[C@@H](O)[C@@H]2O1. The van der Waals surface area contributed by atoms with Crippen molar-refractivity contribution in [1.29, 1.82) is 0 Å². The Labute approximate surface area is 216 Å². The molecule has 0 bridgehead atoms. The molecule has 1 unspecified atom stereocenters. The summed E-state index contributed by atoms with van der Waals surface area (Å²) in [7, 11) is 1.56. The van der Waals surface area contributed by atoms with Crippen LogP contribution in [0, 0.1) is 0 Å². The van der Waals surface area contributed by atoms with Gasteiger partial charge in [-0.3, -0.25) is 4.79 Å². The molecule has 9 nitrogen and oxygen atoms in total. The van der Waals surface area contributed by atoms with E-state index in [1.165, 1.54) is 4.90 Å². The molecule has 8 atom stereocenters. The van der Waals surface area contributed by atoms with Gasteiger partial charge in [0.2, 0.25) is 6.10 Å². The van der Waals surface area contributed by atoms with Crippen LogP contribution in [0.15, 0.2) is 60.7 Å². The molecule has 2 aromatic rings. The van der Waals surface area contributed by atoms with Gasteiger partial charge in [0.15, 0.2) is 12.5 Å². The predicted octanol–water partition coefficient (Wildman–Crippen LogP) is 2.36. The molecule has 3 heterocycles. The number of hydrogen-bond donors (Lipinski definition) is 2. The molecule has 198 valence electrons. The Bertz CT molecular complexity index is 1090. The van der Waals surface area contributed by atoms with Crippen molar-refractivity contribution in [2.45, 2.75) is 68.8 Å². The molecule has 0 aliphatic carbocycles. The minimum atomic E-state index is -1.36. The van der Waals surface area contributed by atoms with Crippen molar-refractivity contribution in [1.82, 2.24) is 4.90 Å². The van der Waals surface area contributed by atoms with Crippen molar-refractivity contribution in [2.75, 3.05) is 13.7 Å². The zero-order valence-electron chi connectivity index (χ0n) is 20.9. The Morgan fingerprint density at radius 2 is 1.84 bits per heavy atom. The summed E-state index contributed by atoms with van der Waals surface area (Å²) >= 11 is 0. The summed E-state index contributed by atoms with van der Waals surface area (Å²) in [5.41, 5.74) is 0.947. The van der Waals surface area contributed by atoms with Gasteiger partial charge in [-0.2, -0.15) is 0 Å². The summed E-state index contributed by atoms with van der Waals surface area (Å²) in [5, 5.41) is 21.9. The molecule has 0 radical (unpaired) electrons. The molecule has 1 amide bonds. The fourth-order valence-electron chi connectivity index (χ4n) is 4.96. The number of aliphatic hydroxyl groups is 2. The molecule has 0 spiro atoms. The zero-order valence-corrected chi connectivity index (χ0v) is 20.9. The lowest BCUT2D eigenvalue weighted by atomic mass is 9.90. The number of carbonyl (C=O) groups is 1. The van der Waals surface area contributed by atoms with E-state index in [0.29, 0.717) is 17.9 Å². The number of β-lactam (4-membered cyclic amide) rings is 1. The van der Waals surface area contributed by atoms with Crippen LogP contribution in [0.1, 0.15) is 25.3 Å². The van der Waals surface area contributed by atoms with Gasteiger partial charge in [0.1, 0.15) is 35.9 Å². The normalized spacial score (nSPS) is 33.6. The van der Waals surface area contributed by atoms with Crippen LogP contribution >= 0.6 is 0 Å². The zero-order chi connectivity index (χ0) is 25.9. The van der Waals surface area contributed by atoms with E-state index in [0.717, 1.165) is 12.0 Å². The fraction of sp³-hybridized carbons (Fsp3) is 0.464. The molecule has 2 N–H and O–H groups in total. The van der Waals surface area contributed by atoms with Crippen molar-refractivity contribution in [2.24, 2.45) is 0 Å². The Balaban J connectivity index is 1.37. The van der Waals surface area contributed by atoms with Crippen molar-refractivity contribution in [3.8, 4) is 11.5 Å². The lowest BCUT2D eigenvalue weighted by Crippen LogP contribution is -2.75. The van der Waals surface area contributed by atoms with Crippen LogP contribution in [-0.2, 0) is 19.0 Å². The van der Waals surface area contributed by atoms with Crippen LogP contribution in [0.25, 0.3) is 6.08 Å². The summed E-state index contributed by atoms with van der Waals surface area (Å²) in [6.07, 6.45) is -1.08. The molecule has 37 heavy (non-hydrogen) atoms. The highest BCUT2D eigenvalue weighted by molar-refractivity contribution is 5.90. The molecule has 0 aromatic heterocycles. The number of likely N-dealkylation sites (tertiary alicyclic amines) is 1. The van der Waals surface area contributed by atoms with E-state index in [1.807, 2.05) is 49.4 Å². The maximum atomic E-state index is 13.4. The number of nitrogens with zero attached hydrogens (tertiary/aromatic N) is 1. The number of hydrogen-bond acceptors (Lipinski definition) is 8. The Kier molecular flexibility index (Phi) is 7.78. The van der Waals surface area contributed by atoms with Gasteiger partial charge in [-0.15, -0.1) is 0 Å². The number of benzene rings is 2. The number of rotatable bonds is 8. The third kappa shape index (κ3) is 5.23. The van der Waals surface area contributed by atoms with Crippen molar-refractivity contribution >= 4 is 12.0 Å². The minimum absolute atomic E-state index is 0.200. The molecule has 2 aromatic carbocycles. The highest BCUT2D eigenvalue weighted by Crippen LogP contribution is 2.37. The first-order chi connectivity index (χ1) is 18.0. The van der Waals surface area contributed by atoms with Gasteiger partial charge in [0.25, 0.3) is 5.91 Å². The molecular weight excluding hydrogens is 478 g/mol. The Hall–Kier alpha value is -2.95. The number of carbonyl (C=O) groups excluding carboxylic acids is 1. The van der Waals surface area contributed by atoms with Crippen LogP contribution in [0.3, 0.4) is 0 Å². The fourth-order valence-corrected chi connectivity index (χ4v) is 4.96. The third-order valence-electron chi connectivity index (χ3n) is 6.93. The van der Waals surface area contributed by atoms with E-state index in [2.05, 4.69) is 0 Å². The molecule has 3 aliphatic heterocycles. The monoisotopic (exact) mass is 511 g/mol. The van der Waals surface area contributed by atoms with E-state index in [9.17, 15) is 15.0 Å². The average molecular weight is 512 g/mol. The first-order valence-corrected chi connectivity index (χ1v) is 12.6. The van der Waals surface area contributed by atoms with Crippen LogP contribution in [0.4, 0.5) is 0 Å². The van der Waals surface area contributed by atoms with Crippen LogP contribution in [0.2, 0.25) is 0 Å². The minimum Gasteiger partial charge on any atom is -0.497 e. The molecule has 0 saturated carbocycles. The molecule has 5 rings (SSSR count). The maximum absolute atomic E-state index is 13.4. The summed E-state index contributed by atoms with van der Waals surface area (Å²) in [6.45, 7) is 2.21. The third-order valence-corrected chi connectivity index (χ3v) is 6.93. The van der Waals surface area contributed by atoms with E-state index in [-0.39, 0.29) is 12.5 Å². The van der Waals surface area contributed by atoms with Gasteiger partial charge in [0.05, 0.1) is 19.8 Å². The van der Waals surface area contributed by atoms with Crippen LogP contribution in [-0.4, -0.2) is 83.8 Å². The summed E-state index contributed by atoms with van der Waals surface area (Å²) in [4.78, 5) is 14.8. The van der Waals surface area contributed by atoms with E-state index in [1.54, 1.807) is 31.4 Å². The lowest BCUT2D eigenvalue weighted by molar-refractivity contribution is -0.344. The van der Waals surface area contributed by atoms with Crippen molar-refractivity contribution in [3.05, 3.63) is 66.2 Å². The Morgan fingerprint density at radius 1 is 1.05 bits per heavy atom. The summed E-state index contributed by atoms with van der Waals surface area (Å²) < 4.78 is 29.1. The number of fused-ring (bicyclic) bond motifs is 1. The molecule has 9 heteroatoms. The predicted molar refractivity (Wildman–Crippen MR) is 134 cm³/mol. The highest BCUT2D eigenvalue weighted by atomic mass is 16.7. The maximum Gasteiger partial charge on any atom is 0.268 e. The summed E-state index contributed by atoms with van der Waals surface area (Å²) in [5.74, 6) is 0.731. The van der Waals surface area contributed by atoms with Crippen molar-refractivity contribution < 1.29 is 38.7 Å².